The van der Waals surface area contributed by atoms with Crippen LogP contribution in [0.3, 0.4) is 0 Å². The van der Waals surface area contributed by atoms with Gasteiger partial charge in [-0.15, -0.1) is 0 Å². The first-order valence-electron chi connectivity index (χ1n) is 18.3. The van der Waals surface area contributed by atoms with Crippen LogP contribution >= 0.6 is 0 Å². The summed E-state index contributed by atoms with van der Waals surface area (Å²) < 4.78 is 6.95. The zero-order valence-electron chi connectivity index (χ0n) is 28.9. The Bertz CT molecular complexity index is 3150. The van der Waals surface area contributed by atoms with Crippen LogP contribution < -0.4 is 0 Å². The van der Waals surface area contributed by atoms with E-state index in [0.29, 0.717) is 0 Å². The van der Waals surface area contributed by atoms with Gasteiger partial charge in [-0.1, -0.05) is 176 Å². The molecule has 0 unspecified atom stereocenters. The molecule has 0 atom stereocenters. The standard InChI is InChI=1S/C52H32O/c1-2-13-33(14-3-1)34-25-27-36(28-26-34)48-42-21-8-10-23-44(42)49(45-24-11-9-22-43(45)48)39-18-12-17-37(31-39)47-32-38-16-5-6-19-40(38)50-46-30-29-35-15-4-7-20-41(35)51(46)53-52(47)50/h1-32H. The third-order valence-corrected chi connectivity index (χ3v) is 11.0. The van der Waals surface area contributed by atoms with Crippen LogP contribution in [0.15, 0.2) is 199 Å². The van der Waals surface area contributed by atoms with Crippen molar-refractivity contribution in [3.8, 4) is 44.5 Å². The summed E-state index contributed by atoms with van der Waals surface area (Å²) in [7, 11) is 0. The lowest BCUT2D eigenvalue weighted by atomic mass is 9.85. The maximum Gasteiger partial charge on any atom is 0.143 e. The fourth-order valence-corrected chi connectivity index (χ4v) is 8.62. The maximum absolute atomic E-state index is 6.95. The van der Waals surface area contributed by atoms with Gasteiger partial charge >= 0.3 is 0 Å². The third-order valence-electron chi connectivity index (χ3n) is 11.0. The topological polar surface area (TPSA) is 13.1 Å². The first-order chi connectivity index (χ1) is 26.3. The van der Waals surface area contributed by atoms with E-state index in [-0.39, 0.29) is 0 Å². The zero-order valence-corrected chi connectivity index (χ0v) is 28.9. The summed E-state index contributed by atoms with van der Waals surface area (Å²) in [5.74, 6) is 0. The molecule has 1 heterocycles. The molecule has 1 aromatic heterocycles. The molecular weight excluding hydrogens is 641 g/mol. The molecule has 11 aromatic rings. The first kappa shape index (κ1) is 29.7. The van der Waals surface area contributed by atoms with Crippen molar-refractivity contribution < 1.29 is 4.42 Å². The van der Waals surface area contributed by atoms with Crippen molar-refractivity contribution in [2.75, 3.05) is 0 Å². The number of hydrogen-bond donors (Lipinski definition) is 0. The Labute approximate surface area is 307 Å². The van der Waals surface area contributed by atoms with Crippen LogP contribution in [0.25, 0.3) is 110 Å². The molecule has 0 bridgehead atoms. The highest BCUT2D eigenvalue weighted by molar-refractivity contribution is 6.26. The van der Waals surface area contributed by atoms with E-state index < -0.39 is 0 Å². The van der Waals surface area contributed by atoms with Gasteiger partial charge in [0.1, 0.15) is 11.2 Å². The average molecular weight is 673 g/mol. The molecule has 11 rings (SSSR count). The van der Waals surface area contributed by atoms with Crippen molar-refractivity contribution in [3.63, 3.8) is 0 Å². The van der Waals surface area contributed by atoms with Gasteiger partial charge < -0.3 is 4.42 Å². The molecular formula is C52H32O. The third kappa shape index (κ3) is 4.64. The number of furan rings is 1. The van der Waals surface area contributed by atoms with Crippen molar-refractivity contribution in [1.82, 2.24) is 0 Å². The van der Waals surface area contributed by atoms with E-state index in [9.17, 15) is 0 Å². The maximum atomic E-state index is 6.95. The molecule has 246 valence electrons. The van der Waals surface area contributed by atoms with Gasteiger partial charge in [0.2, 0.25) is 0 Å². The largest absolute Gasteiger partial charge is 0.455 e. The Hall–Kier alpha value is -6.96. The van der Waals surface area contributed by atoms with E-state index >= 15 is 0 Å². The van der Waals surface area contributed by atoms with E-state index in [2.05, 4.69) is 194 Å². The second kappa shape index (κ2) is 11.8. The minimum Gasteiger partial charge on any atom is -0.455 e. The summed E-state index contributed by atoms with van der Waals surface area (Å²) in [6, 6.07) is 70.4. The number of benzene rings is 10. The molecule has 0 aliphatic rings. The molecule has 0 aliphatic heterocycles. The molecule has 0 radical (unpaired) electrons. The predicted molar refractivity (Wildman–Crippen MR) is 225 cm³/mol. The molecule has 0 saturated heterocycles. The lowest BCUT2D eigenvalue weighted by Crippen LogP contribution is -1.91. The van der Waals surface area contributed by atoms with Gasteiger partial charge in [-0.3, -0.25) is 0 Å². The van der Waals surface area contributed by atoms with Gasteiger partial charge in [0.25, 0.3) is 0 Å². The van der Waals surface area contributed by atoms with Gasteiger partial charge in [-0.25, -0.2) is 0 Å². The lowest BCUT2D eigenvalue weighted by Gasteiger charge is -2.18. The average Bonchev–Trinajstić information content (AvgIpc) is 3.64. The summed E-state index contributed by atoms with van der Waals surface area (Å²) >= 11 is 0. The van der Waals surface area contributed by atoms with Crippen molar-refractivity contribution >= 4 is 65.0 Å². The molecule has 1 nitrogen and oxygen atoms in total. The highest BCUT2D eigenvalue weighted by atomic mass is 16.3. The van der Waals surface area contributed by atoms with Gasteiger partial charge in [0.15, 0.2) is 0 Å². The predicted octanol–water partition coefficient (Wildman–Crippen LogP) is 14.9. The highest BCUT2D eigenvalue weighted by Crippen LogP contribution is 2.46. The Morgan fingerprint density at radius 2 is 0.774 bits per heavy atom. The lowest BCUT2D eigenvalue weighted by molar-refractivity contribution is 0.674. The normalized spacial score (nSPS) is 11.8. The Kier molecular flexibility index (Phi) is 6.62. The van der Waals surface area contributed by atoms with Crippen molar-refractivity contribution in [2.24, 2.45) is 0 Å². The summed E-state index contributed by atoms with van der Waals surface area (Å²) in [5, 5.41) is 12.0. The number of hydrogen-bond acceptors (Lipinski definition) is 1. The van der Waals surface area contributed by atoms with E-state index in [1.807, 2.05) is 0 Å². The van der Waals surface area contributed by atoms with Gasteiger partial charge in [0, 0.05) is 21.7 Å². The molecule has 0 N–H and O–H groups in total. The van der Waals surface area contributed by atoms with E-state index in [0.717, 1.165) is 33.1 Å². The van der Waals surface area contributed by atoms with Gasteiger partial charge in [-0.05, 0) is 94.8 Å². The van der Waals surface area contributed by atoms with Crippen LogP contribution in [0.4, 0.5) is 0 Å². The SMILES string of the molecule is c1ccc(-c2ccc(-c3c4ccccc4c(-c4cccc(-c5cc6ccccc6c6c5oc5c7ccccc7ccc56)c4)c4ccccc34)cc2)cc1. The smallest absolute Gasteiger partial charge is 0.143 e. The quantitative estimate of drug-likeness (QED) is 0.170. The van der Waals surface area contributed by atoms with Gasteiger partial charge in [-0.2, -0.15) is 0 Å². The van der Waals surface area contributed by atoms with Crippen LogP contribution in [0.1, 0.15) is 0 Å². The van der Waals surface area contributed by atoms with Crippen LogP contribution in [0.5, 0.6) is 0 Å². The number of rotatable bonds is 4. The summed E-state index contributed by atoms with van der Waals surface area (Å²) in [4.78, 5) is 0. The number of fused-ring (bicyclic) bond motifs is 9. The second-order valence-electron chi connectivity index (χ2n) is 14.0. The molecule has 0 fully saturated rings. The molecule has 0 amide bonds. The van der Waals surface area contributed by atoms with E-state index in [1.54, 1.807) is 0 Å². The minimum absolute atomic E-state index is 0.927. The molecule has 53 heavy (non-hydrogen) atoms. The molecule has 10 aromatic carbocycles. The van der Waals surface area contributed by atoms with Crippen LogP contribution in [0, 0.1) is 0 Å². The second-order valence-corrected chi connectivity index (χ2v) is 14.0. The van der Waals surface area contributed by atoms with Crippen LogP contribution in [0.2, 0.25) is 0 Å². The van der Waals surface area contributed by atoms with Gasteiger partial charge in [0.05, 0.1) is 0 Å². The molecule has 0 saturated carbocycles. The van der Waals surface area contributed by atoms with Crippen LogP contribution in [-0.2, 0) is 0 Å². The Morgan fingerprint density at radius 1 is 0.264 bits per heavy atom. The summed E-state index contributed by atoms with van der Waals surface area (Å²) in [6.07, 6.45) is 0. The zero-order chi connectivity index (χ0) is 34.9. The monoisotopic (exact) mass is 672 g/mol. The molecule has 1 heteroatoms. The van der Waals surface area contributed by atoms with E-state index in [1.165, 1.54) is 76.5 Å². The Morgan fingerprint density at radius 3 is 1.47 bits per heavy atom. The van der Waals surface area contributed by atoms with Crippen molar-refractivity contribution in [3.05, 3.63) is 194 Å². The fourth-order valence-electron chi connectivity index (χ4n) is 8.62. The fraction of sp³-hybridized carbons (Fsp3) is 0. The Balaban J connectivity index is 1.14. The van der Waals surface area contributed by atoms with Crippen LogP contribution in [-0.4, -0.2) is 0 Å². The molecule has 0 spiro atoms. The minimum atomic E-state index is 0.927. The molecule has 0 aliphatic carbocycles. The van der Waals surface area contributed by atoms with E-state index in [4.69, 9.17) is 4.42 Å². The first-order valence-corrected chi connectivity index (χ1v) is 18.3. The summed E-state index contributed by atoms with van der Waals surface area (Å²) in [5.41, 5.74) is 11.5. The summed E-state index contributed by atoms with van der Waals surface area (Å²) in [6.45, 7) is 0. The van der Waals surface area contributed by atoms with Crippen molar-refractivity contribution in [1.29, 1.82) is 0 Å². The highest BCUT2D eigenvalue weighted by Gasteiger charge is 2.20. The van der Waals surface area contributed by atoms with Crippen molar-refractivity contribution in [2.45, 2.75) is 0 Å².